The fourth-order valence-electron chi connectivity index (χ4n) is 2.50. The Morgan fingerprint density at radius 2 is 2.00 bits per heavy atom. The van der Waals surface area contributed by atoms with Crippen LogP contribution in [-0.4, -0.2) is 14.5 Å². The molecule has 98 valence electrons. The highest BCUT2D eigenvalue weighted by molar-refractivity contribution is 5.94. The van der Waals surface area contributed by atoms with Crippen LogP contribution in [0.15, 0.2) is 30.5 Å². The summed E-state index contributed by atoms with van der Waals surface area (Å²) in [4.78, 5) is 7.83. The molecule has 4 nitrogen and oxygen atoms in total. The number of nitrogen functional groups attached to an aromatic ring is 1. The first-order valence-electron chi connectivity index (χ1n) is 6.47. The Kier molecular flexibility index (Phi) is 2.59. The fraction of sp³-hybridized carbons (Fsp3) is 0.267. The first-order valence-corrected chi connectivity index (χ1v) is 6.47. The Balaban J connectivity index is 2.22. The van der Waals surface area contributed by atoms with Crippen LogP contribution in [0.4, 0.5) is 5.82 Å². The predicted molar refractivity (Wildman–Crippen MR) is 79.0 cm³/mol. The number of aromatic nitrogens is 3. The van der Waals surface area contributed by atoms with Gasteiger partial charge in [0.05, 0.1) is 5.69 Å². The average Bonchev–Trinajstić information content (AvgIpc) is 2.91. The minimum Gasteiger partial charge on any atom is -0.382 e. The van der Waals surface area contributed by atoms with Crippen molar-refractivity contribution < 1.29 is 0 Å². The van der Waals surface area contributed by atoms with Crippen LogP contribution in [0.5, 0.6) is 0 Å². The molecule has 0 atom stereocenters. The zero-order chi connectivity index (χ0) is 13.6. The third-order valence-electron chi connectivity index (χ3n) is 3.49. The van der Waals surface area contributed by atoms with Gasteiger partial charge in [-0.3, -0.25) is 0 Å². The number of nitrogens with two attached hydrogens (primary N) is 1. The molecule has 0 saturated carbocycles. The summed E-state index contributed by atoms with van der Waals surface area (Å²) < 4.78 is 2.11. The summed E-state index contributed by atoms with van der Waals surface area (Å²) in [7, 11) is 2.04. The van der Waals surface area contributed by atoms with Crippen molar-refractivity contribution in [3.8, 4) is 11.4 Å². The van der Waals surface area contributed by atoms with Gasteiger partial charge in [-0.15, -0.1) is 0 Å². The zero-order valence-electron chi connectivity index (χ0n) is 11.4. The van der Waals surface area contributed by atoms with Gasteiger partial charge in [0.25, 0.3) is 0 Å². The van der Waals surface area contributed by atoms with Crippen molar-refractivity contribution in [2.75, 3.05) is 5.73 Å². The van der Waals surface area contributed by atoms with Gasteiger partial charge in [-0.05, 0) is 12.0 Å². The van der Waals surface area contributed by atoms with E-state index in [1.165, 1.54) is 10.9 Å². The van der Waals surface area contributed by atoms with E-state index >= 15 is 0 Å². The molecule has 2 aromatic heterocycles. The molecule has 4 heteroatoms. The summed E-state index contributed by atoms with van der Waals surface area (Å²) in [5, 5.41) is 1.19. The lowest BCUT2D eigenvalue weighted by molar-refractivity contribution is 0.836. The summed E-state index contributed by atoms with van der Waals surface area (Å²) in [5.41, 5.74) is 9.27. The Bertz CT molecular complexity index is 734. The minimum absolute atomic E-state index is 0.344. The number of hydrogen-bond acceptors (Lipinski definition) is 2. The Morgan fingerprint density at radius 3 is 2.68 bits per heavy atom. The van der Waals surface area contributed by atoms with Crippen molar-refractivity contribution in [2.24, 2.45) is 7.05 Å². The smallest absolute Gasteiger partial charge is 0.145 e. The number of aromatic amines is 1. The van der Waals surface area contributed by atoms with E-state index in [9.17, 15) is 0 Å². The van der Waals surface area contributed by atoms with Crippen molar-refractivity contribution in [1.82, 2.24) is 14.5 Å². The maximum Gasteiger partial charge on any atom is 0.145 e. The van der Waals surface area contributed by atoms with E-state index in [-0.39, 0.29) is 0 Å². The van der Waals surface area contributed by atoms with E-state index in [1.807, 2.05) is 19.2 Å². The van der Waals surface area contributed by atoms with Crippen LogP contribution in [0, 0.1) is 0 Å². The molecule has 1 aromatic carbocycles. The molecule has 0 unspecified atom stereocenters. The topological polar surface area (TPSA) is 59.6 Å². The van der Waals surface area contributed by atoms with Crippen LogP contribution in [0.2, 0.25) is 0 Å². The number of imidazole rings is 1. The lowest BCUT2D eigenvalue weighted by atomic mass is 10.1. The molecule has 19 heavy (non-hydrogen) atoms. The standard InChI is InChI=1S/C15H18N4/c1-9(2)13-14(16)18-15(17-13)11-8-19(3)12-7-5-4-6-10(11)12/h4-9H,16H2,1-3H3,(H,17,18). The second-order valence-electron chi connectivity index (χ2n) is 5.21. The largest absolute Gasteiger partial charge is 0.382 e. The van der Waals surface area contributed by atoms with Gasteiger partial charge in [0.15, 0.2) is 0 Å². The van der Waals surface area contributed by atoms with Crippen LogP contribution in [-0.2, 0) is 7.05 Å². The molecule has 0 saturated heterocycles. The van der Waals surface area contributed by atoms with Gasteiger partial charge >= 0.3 is 0 Å². The average molecular weight is 254 g/mol. The molecule has 0 amide bonds. The third-order valence-corrected chi connectivity index (χ3v) is 3.49. The number of rotatable bonds is 2. The van der Waals surface area contributed by atoms with Crippen LogP contribution < -0.4 is 5.73 Å². The normalized spacial score (nSPS) is 11.6. The molecular weight excluding hydrogens is 236 g/mol. The van der Waals surface area contributed by atoms with Crippen molar-refractivity contribution in [3.63, 3.8) is 0 Å². The van der Waals surface area contributed by atoms with Gasteiger partial charge in [0.1, 0.15) is 11.6 Å². The molecule has 3 rings (SSSR count). The first-order chi connectivity index (χ1) is 9.08. The maximum atomic E-state index is 5.98. The summed E-state index contributed by atoms with van der Waals surface area (Å²) in [6.45, 7) is 4.22. The first kappa shape index (κ1) is 11.8. The second kappa shape index (κ2) is 4.16. The molecule has 3 N–H and O–H groups in total. The molecule has 0 spiro atoms. The minimum atomic E-state index is 0.344. The number of aryl methyl sites for hydroxylation is 1. The van der Waals surface area contributed by atoms with Crippen LogP contribution in [0.1, 0.15) is 25.5 Å². The molecule has 0 aliphatic heterocycles. The Labute approximate surface area is 112 Å². The van der Waals surface area contributed by atoms with Crippen molar-refractivity contribution in [2.45, 2.75) is 19.8 Å². The Morgan fingerprint density at radius 1 is 1.26 bits per heavy atom. The number of hydrogen-bond donors (Lipinski definition) is 2. The third kappa shape index (κ3) is 1.80. The second-order valence-corrected chi connectivity index (χ2v) is 5.21. The molecular formula is C15H18N4. The Hall–Kier alpha value is -2.23. The van der Waals surface area contributed by atoms with Gasteiger partial charge in [0, 0.05) is 29.7 Å². The van der Waals surface area contributed by atoms with Crippen LogP contribution >= 0.6 is 0 Å². The lowest BCUT2D eigenvalue weighted by Gasteiger charge is -2.00. The number of nitrogens with zero attached hydrogens (tertiary/aromatic N) is 2. The highest BCUT2D eigenvalue weighted by atomic mass is 15.0. The SMILES string of the molecule is CC(C)c1[nH]c(-c2cn(C)c3ccccc23)nc1N. The molecule has 0 aliphatic rings. The fourth-order valence-corrected chi connectivity index (χ4v) is 2.50. The molecule has 0 aliphatic carbocycles. The van der Waals surface area contributed by atoms with Gasteiger partial charge in [0.2, 0.25) is 0 Å². The number of para-hydroxylation sites is 1. The molecule has 3 aromatic rings. The quantitative estimate of drug-likeness (QED) is 0.737. The summed E-state index contributed by atoms with van der Waals surface area (Å²) in [6.07, 6.45) is 2.09. The van der Waals surface area contributed by atoms with Crippen molar-refractivity contribution in [1.29, 1.82) is 0 Å². The van der Waals surface area contributed by atoms with E-state index in [0.717, 1.165) is 17.1 Å². The highest BCUT2D eigenvalue weighted by Gasteiger charge is 2.15. The predicted octanol–water partition coefficient (Wildman–Crippen LogP) is 3.27. The number of fused-ring (bicyclic) bond motifs is 1. The molecule has 0 fully saturated rings. The van der Waals surface area contributed by atoms with E-state index in [2.05, 4.69) is 46.7 Å². The van der Waals surface area contributed by atoms with E-state index in [1.54, 1.807) is 0 Å². The van der Waals surface area contributed by atoms with Crippen molar-refractivity contribution >= 4 is 16.7 Å². The van der Waals surface area contributed by atoms with Crippen LogP contribution in [0.25, 0.3) is 22.3 Å². The number of H-pyrrole nitrogens is 1. The summed E-state index contributed by atoms with van der Waals surface area (Å²) in [6, 6.07) is 8.30. The molecule has 0 radical (unpaired) electrons. The highest BCUT2D eigenvalue weighted by Crippen LogP contribution is 2.31. The van der Waals surface area contributed by atoms with Crippen molar-refractivity contribution in [3.05, 3.63) is 36.2 Å². The van der Waals surface area contributed by atoms with Gasteiger partial charge in [-0.1, -0.05) is 32.0 Å². The number of anilines is 1. The van der Waals surface area contributed by atoms with Gasteiger partial charge < -0.3 is 15.3 Å². The van der Waals surface area contributed by atoms with E-state index in [4.69, 9.17) is 5.73 Å². The molecule has 2 heterocycles. The van der Waals surface area contributed by atoms with E-state index < -0.39 is 0 Å². The summed E-state index contributed by atoms with van der Waals surface area (Å²) in [5.74, 6) is 1.78. The zero-order valence-corrected chi connectivity index (χ0v) is 11.4. The number of nitrogens with one attached hydrogen (secondary N) is 1. The monoisotopic (exact) mass is 254 g/mol. The van der Waals surface area contributed by atoms with Gasteiger partial charge in [-0.2, -0.15) is 0 Å². The van der Waals surface area contributed by atoms with Gasteiger partial charge in [-0.25, -0.2) is 4.98 Å². The number of benzene rings is 1. The summed E-state index contributed by atoms with van der Waals surface area (Å²) >= 11 is 0. The lowest BCUT2D eigenvalue weighted by Crippen LogP contribution is -1.94. The van der Waals surface area contributed by atoms with Crippen LogP contribution in [0.3, 0.4) is 0 Å². The van der Waals surface area contributed by atoms with E-state index in [0.29, 0.717) is 11.7 Å². The maximum absolute atomic E-state index is 5.98. The molecule has 0 bridgehead atoms.